The van der Waals surface area contributed by atoms with Crippen LogP contribution in [0.4, 0.5) is 0 Å². The van der Waals surface area contributed by atoms with Gasteiger partial charge in [0.05, 0.1) is 24.9 Å². The summed E-state index contributed by atoms with van der Waals surface area (Å²) in [5.74, 6) is -0.859. The van der Waals surface area contributed by atoms with Crippen LogP contribution in [0.15, 0.2) is 36.7 Å². The van der Waals surface area contributed by atoms with Gasteiger partial charge in [0.1, 0.15) is 0 Å². The molecule has 0 aliphatic heterocycles. The van der Waals surface area contributed by atoms with Gasteiger partial charge in [0.15, 0.2) is 0 Å². The fourth-order valence-electron chi connectivity index (χ4n) is 1.72. The van der Waals surface area contributed by atoms with Crippen LogP contribution in [0.3, 0.4) is 0 Å². The summed E-state index contributed by atoms with van der Waals surface area (Å²) in [6.07, 6.45) is 3.27. The molecular formula is C13H14N2O3. The quantitative estimate of drug-likeness (QED) is 0.871. The molecule has 0 aliphatic rings. The topological polar surface area (TPSA) is 64.3 Å². The van der Waals surface area contributed by atoms with Gasteiger partial charge in [-0.15, -0.1) is 0 Å². The highest BCUT2D eigenvalue weighted by atomic mass is 16.5. The highest BCUT2D eigenvalue weighted by Crippen LogP contribution is 2.12. The van der Waals surface area contributed by atoms with Gasteiger partial charge in [0, 0.05) is 18.9 Å². The average Bonchev–Trinajstić information content (AvgIpc) is 2.77. The number of rotatable bonds is 5. The number of carboxylic acids is 1. The van der Waals surface area contributed by atoms with Crippen molar-refractivity contribution < 1.29 is 14.6 Å². The largest absolute Gasteiger partial charge is 0.481 e. The number of benzene rings is 1. The van der Waals surface area contributed by atoms with E-state index in [9.17, 15) is 4.79 Å². The minimum absolute atomic E-state index is 0.0161. The van der Waals surface area contributed by atoms with Gasteiger partial charge in [-0.05, 0) is 17.7 Å². The summed E-state index contributed by atoms with van der Waals surface area (Å²) in [5.41, 5.74) is 2.62. The number of nitrogens with zero attached hydrogens (tertiary/aromatic N) is 2. The van der Waals surface area contributed by atoms with E-state index in [-0.39, 0.29) is 6.42 Å². The third-order valence-electron chi connectivity index (χ3n) is 2.48. The van der Waals surface area contributed by atoms with Gasteiger partial charge >= 0.3 is 5.97 Å². The lowest BCUT2D eigenvalue weighted by Gasteiger charge is -2.04. The third kappa shape index (κ3) is 2.95. The van der Waals surface area contributed by atoms with Crippen molar-refractivity contribution in [2.45, 2.75) is 13.0 Å². The molecule has 0 saturated heterocycles. The molecule has 94 valence electrons. The van der Waals surface area contributed by atoms with Crippen molar-refractivity contribution in [2.24, 2.45) is 0 Å². The first-order valence-corrected chi connectivity index (χ1v) is 5.52. The summed E-state index contributed by atoms with van der Waals surface area (Å²) >= 11 is 0. The van der Waals surface area contributed by atoms with Crippen molar-refractivity contribution >= 4 is 5.97 Å². The van der Waals surface area contributed by atoms with Crippen molar-refractivity contribution in [1.29, 1.82) is 0 Å². The van der Waals surface area contributed by atoms with Gasteiger partial charge in [-0.25, -0.2) is 4.68 Å². The van der Waals surface area contributed by atoms with E-state index in [1.807, 2.05) is 24.3 Å². The number of carboxylic acid groups (broad SMARTS) is 1. The summed E-state index contributed by atoms with van der Waals surface area (Å²) in [4.78, 5) is 10.6. The Hall–Kier alpha value is -2.14. The van der Waals surface area contributed by atoms with E-state index in [4.69, 9.17) is 9.84 Å². The fraction of sp³-hybridized carbons (Fsp3) is 0.231. The van der Waals surface area contributed by atoms with Crippen LogP contribution in [0.5, 0.6) is 0 Å². The highest BCUT2D eigenvalue weighted by molar-refractivity contribution is 5.69. The number of carbonyl (C=O) groups is 1. The summed E-state index contributed by atoms with van der Waals surface area (Å²) in [5, 5.41) is 12.9. The van der Waals surface area contributed by atoms with E-state index >= 15 is 0 Å². The molecule has 1 N–H and O–H groups in total. The number of hydrogen-bond donors (Lipinski definition) is 1. The van der Waals surface area contributed by atoms with Crippen LogP contribution in [-0.4, -0.2) is 28.0 Å². The Labute approximate surface area is 105 Å². The van der Waals surface area contributed by atoms with Crippen LogP contribution < -0.4 is 0 Å². The molecule has 0 atom stereocenters. The van der Waals surface area contributed by atoms with Gasteiger partial charge in [0.2, 0.25) is 0 Å². The Bertz CT molecular complexity index is 549. The molecule has 0 spiro atoms. The molecule has 5 heteroatoms. The maximum absolute atomic E-state index is 10.6. The first-order chi connectivity index (χ1) is 8.69. The minimum Gasteiger partial charge on any atom is -0.481 e. The standard InChI is InChI=1S/C13H14N2O3/c1-18-9-10-3-2-4-12(5-10)15-8-11(7-14-15)6-13(16)17/h2-5,7-8H,6,9H2,1H3,(H,16,17). The van der Waals surface area contributed by atoms with E-state index < -0.39 is 5.97 Å². The first-order valence-electron chi connectivity index (χ1n) is 5.52. The van der Waals surface area contributed by atoms with Gasteiger partial charge < -0.3 is 9.84 Å². The second-order valence-corrected chi connectivity index (χ2v) is 3.97. The van der Waals surface area contributed by atoms with Crippen molar-refractivity contribution in [3.63, 3.8) is 0 Å². The average molecular weight is 246 g/mol. The lowest BCUT2D eigenvalue weighted by atomic mass is 10.2. The predicted octanol–water partition coefficient (Wildman–Crippen LogP) is 1.65. The predicted molar refractivity (Wildman–Crippen MR) is 65.6 cm³/mol. The van der Waals surface area contributed by atoms with Gasteiger partial charge in [-0.2, -0.15) is 5.10 Å². The molecule has 2 aromatic rings. The zero-order valence-corrected chi connectivity index (χ0v) is 10.0. The van der Waals surface area contributed by atoms with Crippen LogP contribution in [0.1, 0.15) is 11.1 Å². The van der Waals surface area contributed by atoms with Crippen molar-refractivity contribution in [3.05, 3.63) is 47.8 Å². The van der Waals surface area contributed by atoms with Gasteiger partial charge in [-0.1, -0.05) is 12.1 Å². The van der Waals surface area contributed by atoms with Crippen LogP contribution in [-0.2, 0) is 22.6 Å². The summed E-state index contributed by atoms with van der Waals surface area (Å²) in [6.45, 7) is 0.539. The van der Waals surface area contributed by atoms with Crippen molar-refractivity contribution in [1.82, 2.24) is 9.78 Å². The molecular weight excluding hydrogens is 232 g/mol. The summed E-state index contributed by atoms with van der Waals surface area (Å²) in [6, 6.07) is 7.76. The fourth-order valence-corrected chi connectivity index (χ4v) is 1.72. The van der Waals surface area contributed by atoms with Crippen LogP contribution in [0, 0.1) is 0 Å². The summed E-state index contributed by atoms with van der Waals surface area (Å²) in [7, 11) is 1.64. The maximum Gasteiger partial charge on any atom is 0.307 e. The maximum atomic E-state index is 10.6. The second-order valence-electron chi connectivity index (χ2n) is 3.97. The van der Waals surface area contributed by atoms with Crippen molar-refractivity contribution in [3.8, 4) is 5.69 Å². The molecule has 0 amide bonds. The zero-order chi connectivity index (χ0) is 13.0. The molecule has 0 bridgehead atoms. The minimum atomic E-state index is -0.859. The van der Waals surface area contributed by atoms with Gasteiger partial charge in [0.25, 0.3) is 0 Å². The molecule has 0 fully saturated rings. The molecule has 5 nitrogen and oxygen atoms in total. The second kappa shape index (κ2) is 5.46. The molecule has 0 saturated carbocycles. The molecule has 0 unspecified atom stereocenters. The number of aliphatic carboxylic acids is 1. The molecule has 0 aliphatic carbocycles. The number of methoxy groups -OCH3 is 1. The van der Waals surface area contributed by atoms with E-state index in [1.165, 1.54) is 0 Å². The SMILES string of the molecule is COCc1cccc(-n2cc(CC(=O)O)cn2)c1. The Morgan fingerprint density at radius 2 is 2.28 bits per heavy atom. The molecule has 1 aromatic carbocycles. The molecule has 18 heavy (non-hydrogen) atoms. The molecule has 1 heterocycles. The Morgan fingerprint density at radius 3 is 3.00 bits per heavy atom. The van der Waals surface area contributed by atoms with E-state index in [2.05, 4.69) is 5.10 Å². The Balaban J connectivity index is 2.22. The van der Waals surface area contributed by atoms with E-state index in [0.29, 0.717) is 12.2 Å². The Morgan fingerprint density at radius 1 is 1.44 bits per heavy atom. The van der Waals surface area contributed by atoms with Gasteiger partial charge in [-0.3, -0.25) is 4.79 Å². The van der Waals surface area contributed by atoms with Crippen LogP contribution >= 0.6 is 0 Å². The number of hydrogen-bond acceptors (Lipinski definition) is 3. The highest BCUT2D eigenvalue weighted by Gasteiger charge is 2.05. The normalized spacial score (nSPS) is 10.5. The monoisotopic (exact) mass is 246 g/mol. The van der Waals surface area contributed by atoms with E-state index in [0.717, 1.165) is 11.3 Å². The van der Waals surface area contributed by atoms with Crippen LogP contribution in [0.2, 0.25) is 0 Å². The zero-order valence-electron chi connectivity index (χ0n) is 10.0. The number of ether oxygens (including phenoxy) is 1. The third-order valence-corrected chi connectivity index (χ3v) is 2.48. The Kier molecular flexibility index (Phi) is 3.74. The number of aromatic nitrogens is 2. The van der Waals surface area contributed by atoms with Crippen molar-refractivity contribution in [2.75, 3.05) is 7.11 Å². The molecule has 1 aromatic heterocycles. The van der Waals surface area contributed by atoms with E-state index in [1.54, 1.807) is 24.2 Å². The summed E-state index contributed by atoms with van der Waals surface area (Å²) < 4.78 is 6.73. The first kappa shape index (κ1) is 12.3. The lowest BCUT2D eigenvalue weighted by Crippen LogP contribution is -1.99. The molecule has 2 rings (SSSR count). The van der Waals surface area contributed by atoms with Crippen LogP contribution in [0.25, 0.3) is 5.69 Å². The molecule has 0 radical (unpaired) electrons. The smallest absolute Gasteiger partial charge is 0.307 e. The lowest BCUT2D eigenvalue weighted by molar-refractivity contribution is -0.136.